The standard InChI is InChI=1S/C14H25N5O/c1-3-15-14(18-7-9-20-10-8-18)16-11-13(2)12-19-6-4-5-17-19/h4-6,13H,3,7-12H2,1-2H3,(H,15,16)/t13-/m1/s1. The first-order valence-electron chi connectivity index (χ1n) is 7.38. The van der Waals surface area contributed by atoms with Gasteiger partial charge in [-0.2, -0.15) is 5.10 Å². The van der Waals surface area contributed by atoms with E-state index in [0.717, 1.165) is 51.9 Å². The summed E-state index contributed by atoms with van der Waals surface area (Å²) in [5.41, 5.74) is 0. The van der Waals surface area contributed by atoms with Crippen LogP contribution in [0.1, 0.15) is 13.8 Å². The van der Waals surface area contributed by atoms with Gasteiger partial charge in [-0.15, -0.1) is 0 Å². The van der Waals surface area contributed by atoms with E-state index >= 15 is 0 Å². The van der Waals surface area contributed by atoms with Crippen LogP contribution < -0.4 is 5.32 Å². The van der Waals surface area contributed by atoms with Crippen molar-refractivity contribution in [2.45, 2.75) is 20.4 Å². The van der Waals surface area contributed by atoms with Crippen LogP contribution in [0, 0.1) is 5.92 Å². The molecule has 1 aliphatic rings. The predicted octanol–water partition coefficient (Wildman–Crippen LogP) is 0.817. The van der Waals surface area contributed by atoms with Crippen molar-refractivity contribution in [2.24, 2.45) is 10.9 Å². The molecule has 1 fully saturated rings. The van der Waals surface area contributed by atoms with Gasteiger partial charge in [0.05, 0.1) is 13.2 Å². The van der Waals surface area contributed by atoms with Crippen molar-refractivity contribution >= 4 is 5.96 Å². The Morgan fingerprint density at radius 2 is 2.25 bits per heavy atom. The smallest absolute Gasteiger partial charge is 0.194 e. The van der Waals surface area contributed by atoms with E-state index in [1.807, 2.05) is 23.1 Å². The highest BCUT2D eigenvalue weighted by Crippen LogP contribution is 2.03. The maximum Gasteiger partial charge on any atom is 0.194 e. The molecule has 0 spiro atoms. The van der Waals surface area contributed by atoms with Crippen molar-refractivity contribution in [2.75, 3.05) is 39.4 Å². The molecule has 0 aromatic carbocycles. The maximum absolute atomic E-state index is 5.39. The number of ether oxygens (including phenoxy) is 1. The lowest BCUT2D eigenvalue weighted by atomic mass is 10.2. The first kappa shape index (κ1) is 14.8. The SMILES string of the molecule is CCNC(=NC[C@@H](C)Cn1cccn1)N1CCOCC1. The zero-order chi connectivity index (χ0) is 14.2. The van der Waals surface area contributed by atoms with E-state index in [0.29, 0.717) is 5.92 Å². The summed E-state index contributed by atoms with van der Waals surface area (Å²) in [5, 5.41) is 7.60. The summed E-state index contributed by atoms with van der Waals surface area (Å²) in [6, 6.07) is 1.95. The lowest BCUT2D eigenvalue weighted by Gasteiger charge is -2.30. The topological polar surface area (TPSA) is 54.7 Å². The summed E-state index contributed by atoms with van der Waals surface area (Å²) in [6.07, 6.45) is 3.81. The molecule has 0 aliphatic carbocycles. The lowest BCUT2D eigenvalue weighted by Crippen LogP contribution is -2.47. The highest BCUT2D eigenvalue weighted by Gasteiger charge is 2.14. The Bertz CT molecular complexity index is 398. The van der Waals surface area contributed by atoms with E-state index in [2.05, 4.69) is 29.2 Å². The number of aliphatic imine (C=N–C) groups is 1. The average Bonchev–Trinajstić information content (AvgIpc) is 2.97. The minimum Gasteiger partial charge on any atom is -0.378 e. The van der Waals surface area contributed by atoms with Crippen LogP contribution in [0.25, 0.3) is 0 Å². The first-order valence-corrected chi connectivity index (χ1v) is 7.38. The van der Waals surface area contributed by atoms with E-state index < -0.39 is 0 Å². The summed E-state index contributed by atoms with van der Waals surface area (Å²) in [6.45, 7) is 10.3. The molecule has 20 heavy (non-hydrogen) atoms. The molecule has 0 amide bonds. The van der Waals surface area contributed by atoms with Gasteiger partial charge in [0.15, 0.2) is 5.96 Å². The van der Waals surface area contributed by atoms with E-state index in [4.69, 9.17) is 9.73 Å². The zero-order valence-corrected chi connectivity index (χ0v) is 12.5. The van der Waals surface area contributed by atoms with Crippen molar-refractivity contribution in [3.05, 3.63) is 18.5 Å². The van der Waals surface area contributed by atoms with Gasteiger partial charge in [-0.1, -0.05) is 6.92 Å². The minimum absolute atomic E-state index is 0.463. The largest absolute Gasteiger partial charge is 0.378 e. The summed E-state index contributed by atoms with van der Waals surface area (Å²) in [5.74, 6) is 1.47. The Morgan fingerprint density at radius 3 is 2.90 bits per heavy atom. The Morgan fingerprint density at radius 1 is 1.45 bits per heavy atom. The normalized spacial score (nSPS) is 18.1. The number of morpholine rings is 1. The highest BCUT2D eigenvalue weighted by atomic mass is 16.5. The van der Waals surface area contributed by atoms with Gasteiger partial charge in [0.25, 0.3) is 0 Å². The number of aromatic nitrogens is 2. The number of rotatable bonds is 5. The van der Waals surface area contributed by atoms with Crippen LogP contribution in [0.3, 0.4) is 0 Å². The third kappa shape index (κ3) is 4.52. The number of nitrogens with one attached hydrogen (secondary N) is 1. The Kier molecular flexibility index (Phi) is 5.86. The summed E-state index contributed by atoms with van der Waals surface area (Å²) >= 11 is 0. The number of hydrogen-bond donors (Lipinski definition) is 1. The predicted molar refractivity (Wildman–Crippen MR) is 79.8 cm³/mol. The second-order valence-electron chi connectivity index (χ2n) is 5.13. The van der Waals surface area contributed by atoms with Crippen molar-refractivity contribution in [3.8, 4) is 0 Å². The van der Waals surface area contributed by atoms with Crippen LogP contribution >= 0.6 is 0 Å². The van der Waals surface area contributed by atoms with Gasteiger partial charge in [-0.25, -0.2) is 0 Å². The minimum atomic E-state index is 0.463. The molecule has 0 saturated carbocycles. The van der Waals surface area contributed by atoms with Gasteiger partial charge in [0, 0.05) is 45.1 Å². The Balaban J connectivity index is 1.87. The summed E-state index contributed by atoms with van der Waals surface area (Å²) in [7, 11) is 0. The Hall–Kier alpha value is -1.56. The second-order valence-corrected chi connectivity index (χ2v) is 5.13. The molecule has 0 radical (unpaired) electrons. The van der Waals surface area contributed by atoms with Crippen LogP contribution in [-0.2, 0) is 11.3 Å². The molecule has 0 unspecified atom stereocenters. The van der Waals surface area contributed by atoms with Crippen molar-refractivity contribution in [1.82, 2.24) is 20.0 Å². The molecule has 6 nitrogen and oxygen atoms in total. The van der Waals surface area contributed by atoms with Crippen LogP contribution in [0.4, 0.5) is 0 Å². The summed E-state index contributed by atoms with van der Waals surface area (Å²) < 4.78 is 7.35. The molecular formula is C14H25N5O. The number of guanidine groups is 1. The average molecular weight is 279 g/mol. The molecule has 1 aliphatic heterocycles. The molecule has 1 atom stereocenters. The van der Waals surface area contributed by atoms with E-state index in [1.54, 1.807) is 0 Å². The number of hydrogen-bond acceptors (Lipinski definition) is 3. The maximum atomic E-state index is 5.39. The molecule has 6 heteroatoms. The molecule has 1 aromatic heterocycles. The monoisotopic (exact) mass is 279 g/mol. The lowest BCUT2D eigenvalue weighted by molar-refractivity contribution is 0.0664. The van der Waals surface area contributed by atoms with Crippen molar-refractivity contribution in [3.63, 3.8) is 0 Å². The molecule has 0 bridgehead atoms. The van der Waals surface area contributed by atoms with Crippen molar-refractivity contribution < 1.29 is 4.74 Å². The molecule has 2 heterocycles. The third-order valence-corrected chi connectivity index (χ3v) is 3.26. The zero-order valence-electron chi connectivity index (χ0n) is 12.5. The highest BCUT2D eigenvalue weighted by molar-refractivity contribution is 5.80. The van der Waals surface area contributed by atoms with Crippen LogP contribution in [-0.4, -0.2) is 60.0 Å². The van der Waals surface area contributed by atoms with Crippen LogP contribution in [0.2, 0.25) is 0 Å². The fourth-order valence-corrected chi connectivity index (χ4v) is 2.23. The van der Waals surface area contributed by atoms with Gasteiger partial charge in [-0.05, 0) is 18.9 Å². The number of nitrogens with zero attached hydrogens (tertiary/aromatic N) is 4. The fraction of sp³-hybridized carbons (Fsp3) is 0.714. The van der Waals surface area contributed by atoms with Gasteiger partial charge in [0.1, 0.15) is 0 Å². The molecule has 2 rings (SSSR count). The van der Waals surface area contributed by atoms with E-state index in [-0.39, 0.29) is 0 Å². The van der Waals surface area contributed by atoms with Gasteiger partial charge in [0.2, 0.25) is 0 Å². The quantitative estimate of drug-likeness (QED) is 0.640. The van der Waals surface area contributed by atoms with Gasteiger partial charge >= 0.3 is 0 Å². The van der Waals surface area contributed by atoms with Crippen molar-refractivity contribution in [1.29, 1.82) is 0 Å². The van der Waals surface area contributed by atoms with Gasteiger partial charge in [-0.3, -0.25) is 9.67 Å². The Labute approximate surface area is 120 Å². The first-order chi connectivity index (χ1) is 9.79. The van der Waals surface area contributed by atoms with Crippen LogP contribution in [0.15, 0.2) is 23.5 Å². The second kappa shape index (κ2) is 7.89. The van der Waals surface area contributed by atoms with Crippen LogP contribution in [0.5, 0.6) is 0 Å². The van der Waals surface area contributed by atoms with E-state index in [1.165, 1.54) is 0 Å². The molecule has 1 N–H and O–H groups in total. The molecule has 1 aromatic rings. The molecule has 1 saturated heterocycles. The fourth-order valence-electron chi connectivity index (χ4n) is 2.23. The van der Waals surface area contributed by atoms with Gasteiger partial charge < -0.3 is 15.0 Å². The van der Waals surface area contributed by atoms with E-state index in [9.17, 15) is 0 Å². The molecular weight excluding hydrogens is 254 g/mol. The summed E-state index contributed by atoms with van der Waals surface area (Å²) in [4.78, 5) is 7.02. The third-order valence-electron chi connectivity index (χ3n) is 3.26. The molecule has 112 valence electrons.